The number of amides is 1. The van der Waals surface area contributed by atoms with Crippen LogP contribution in [0, 0.1) is 0 Å². The van der Waals surface area contributed by atoms with Gasteiger partial charge in [-0.2, -0.15) is 0 Å². The minimum absolute atomic E-state index is 0. The molecule has 4 nitrogen and oxygen atoms in total. The van der Waals surface area contributed by atoms with Crippen LogP contribution in [0.1, 0.15) is 12.0 Å². The third kappa shape index (κ3) is 4.95. The van der Waals surface area contributed by atoms with Crippen LogP contribution in [0.3, 0.4) is 0 Å². The van der Waals surface area contributed by atoms with Gasteiger partial charge in [-0.1, -0.05) is 30.3 Å². The van der Waals surface area contributed by atoms with E-state index in [1.807, 2.05) is 44.4 Å². The molecule has 1 fully saturated rings. The summed E-state index contributed by atoms with van der Waals surface area (Å²) < 4.78 is 0. The van der Waals surface area contributed by atoms with Crippen molar-refractivity contribution in [2.24, 2.45) is 0 Å². The van der Waals surface area contributed by atoms with Crippen molar-refractivity contribution in [2.75, 3.05) is 27.2 Å². The molecule has 0 saturated carbocycles. The topological polar surface area (TPSA) is 35.6 Å². The van der Waals surface area contributed by atoms with Gasteiger partial charge in [-0.15, -0.1) is 12.4 Å². The van der Waals surface area contributed by atoms with Crippen LogP contribution in [-0.4, -0.2) is 54.0 Å². The highest BCUT2D eigenvalue weighted by Gasteiger charge is 2.34. The minimum atomic E-state index is -0.218. The molecular formula is C15H22ClN3OS. The maximum atomic E-state index is 12.4. The Balaban J connectivity index is 0.00000220. The second kappa shape index (κ2) is 8.32. The Labute approximate surface area is 137 Å². The molecule has 1 aliphatic rings. The first kappa shape index (κ1) is 17.9. The second-order valence-electron chi connectivity index (χ2n) is 5.34. The molecule has 1 aromatic carbocycles. The van der Waals surface area contributed by atoms with Crippen LogP contribution in [-0.2, 0) is 11.2 Å². The Kier molecular flexibility index (Phi) is 7.08. The molecule has 1 aliphatic heterocycles. The highest BCUT2D eigenvalue weighted by Crippen LogP contribution is 2.12. The van der Waals surface area contributed by atoms with Crippen LogP contribution in [0.25, 0.3) is 0 Å². The number of thiocarbonyl (C=S) groups is 1. The van der Waals surface area contributed by atoms with Crippen LogP contribution in [0.15, 0.2) is 30.3 Å². The maximum Gasteiger partial charge on any atom is 0.251 e. The molecule has 2 rings (SSSR count). The van der Waals surface area contributed by atoms with Gasteiger partial charge in [0, 0.05) is 13.0 Å². The van der Waals surface area contributed by atoms with Gasteiger partial charge in [0.05, 0.1) is 0 Å². The molecule has 6 heteroatoms. The van der Waals surface area contributed by atoms with E-state index in [0.717, 1.165) is 18.5 Å². The normalized spacial score (nSPS) is 17.9. The van der Waals surface area contributed by atoms with Crippen molar-refractivity contribution >= 4 is 35.6 Å². The molecule has 1 saturated heterocycles. The summed E-state index contributed by atoms with van der Waals surface area (Å²) in [6.07, 6.45) is 1.61. The van der Waals surface area contributed by atoms with Gasteiger partial charge in [0.15, 0.2) is 5.11 Å². The quantitative estimate of drug-likeness (QED) is 0.807. The van der Waals surface area contributed by atoms with Gasteiger partial charge in [0.2, 0.25) is 0 Å². The first-order chi connectivity index (χ1) is 9.58. The van der Waals surface area contributed by atoms with Gasteiger partial charge in [0.25, 0.3) is 5.91 Å². The van der Waals surface area contributed by atoms with E-state index in [1.54, 1.807) is 4.90 Å². The molecule has 0 aliphatic carbocycles. The zero-order valence-electron chi connectivity index (χ0n) is 12.4. The predicted octanol–water partition coefficient (Wildman–Crippen LogP) is 1.69. The van der Waals surface area contributed by atoms with Gasteiger partial charge in [-0.3, -0.25) is 9.69 Å². The summed E-state index contributed by atoms with van der Waals surface area (Å²) in [5, 5.41) is 3.70. The van der Waals surface area contributed by atoms with E-state index in [9.17, 15) is 4.79 Å². The first-order valence-corrected chi connectivity index (χ1v) is 7.29. The summed E-state index contributed by atoms with van der Waals surface area (Å²) in [4.78, 5) is 16.2. The number of hydrogen-bond donors (Lipinski definition) is 1. The predicted molar refractivity (Wildman–Crippen MR) is 91.8 cm³/mol. The van der Waals surface area contributed by atoms with E-state index in [0.29, 0.717) is 18.1 Å². The minimum Gasteiger partial charge on any atom is -0.350 e. The SMILES string of the molecule is CN(C)CCCN1C(=O)C(Cc2ccccc2)NC1=S.Cl. The van der Waals surface area contributed by atoms with Crippen molar-refractivity contribution in [1.29, 1.82) is 0 Å². The lowest BCUT2D eigenvalue weighted by Crippen LogP contribution is -2.34. The lowest BCUT2D eigenvalue weighted by molar-refractivity contribution is -0.127. The van der Waals surface area contributed by atoms with E-state index < -0.39 is 0 Å². The molecule has 1 atom stereocenters. The number of carbonyl (C=O) groups excluding carboxylic acids is 1. The monoisotopic (exact) mass is 327 g/mol. The Hall–Kier alpha value is -1.17. The number of halogens is 1. The van der Waals surface area contributed by atoms with E-state index in [-0.39, 0.29) is 24.4 Å². The lowest BCUT2D eigenvalue weighted by atomic mass is 10.1. The van der Waals surface area contributed by atoms with Crippen molar-refractivity contribution in [3.05, 3.63) is 35.9 Å². The number of nitrogens with one attached hydrogen (secondary N) is 1. The van der Waals surface area contributed by atoms with E-state index in [2.05, 4.69) is 10.2 Å². The Morgan fingerprint density at radius 1 is 1.29 bits per heavy atom. The third-order valence-electron chi connectivity index (χ3n) is 3.38. The molecule has 0 spiro atoms. The summed E-state index contributed by atoms with van der Waals surface area (Å²) in [5.74, 6) is 0.0950. The fourth-order valence-electron chi connectivity index (χ4n) is 2.32. The van der Waals surface area contributed by atoms with Crippen LogP contribution in [0.5, 0.6) is 0 Å². The standard InChI is InChI=1S/C15H21N3OS.ClH/c1-17(2)9-6-10-18-14(19)13(16-15(18)20)11-12-7-4-3-5-8-12;/h3-5,7-8,13H,6,9-11H2,1-2H3,(H,16,20);1H. The van der Waals surface area contributed by atoms with Crippen molar-refractivity contribution in [2.45, 2.75) is 18.9 Å². The van der Waals surface area contributed by atoms with Gasteiger partial charge < -0.3 is 10.2 Å². The van der Waals surface area contributed by atoms with Crippen LogP contribution >= 0.6 is 24.6 Å². The summed E-state index contributed by atoms with van der Waals surface area (Å²) in [7, 11) is 4.06. The molecule has 21 heavy (non-hydrogen) atoms. The zero-order chi connectivity index (χ0) is 14.5. The molecule has 0 radical (unpaired) electrons. The van der Waals surface area contributed by atoms with Crippen LogP contribution in [0.2, 0.25) is 0 Å². The van der Waals surface area contributed by atoms with Gasteiger partial charge >= 0.3 is 0 Å². The van der Waals surface area contributed by atoms with Crippen molar-refractivity contribution < 1.29 is 4.79 Å². The summed E-state index contributed by atoms with van der Waals surface area (Å²) >= 11 is 5.27. The number of carbonyl (C=O) groups is 1. The molecule has 116 valence electrons. The lowest BCUT2D eigenvalue weighted by Gasteiger charge is -2.16. The smallest absolute Gasteiger partial charge is 0.251 e. The molecule has 1 N–H and O–H groups in total. The zero-order valence-corrected chi connectivity index (χ0v) is 14.0. The van der Waals surface area contributed by atoms with Crippen molar-refractivity contribution in [3.8, 4) is 0 Å². The van der Waals surface area contributed by atoms with Crippen molar-refractivity contribution in [1.82, 2.24) is 15.1 Å². The summed E-state index contributed by atoms with van der Waals surface area (Å²) in [6, 6.07) is 9.80. The largest absolute Gasteiger partial charge is 0.350 e. The van der Waals surface area contributed by atoms with Crippen LogP contribution < -0.4 is 5.32 Å². The number of nitrogens with zero attached hydrogens (tertiary/aromatic N) is 2. The molecular weight excluding hydrogens is 306 g/mol. The Morgan fingerprint density at radius 2 is 1.95 bits per heavy atom. The van der Waals surface area contributed by atoms with E-state index >= 15 is 0 Å². The molecule has 1 heterocycles. The average molecular weight is 328 g/mol. The molecule has 1 aromatic rings. The maximum absolute atomic E-state index is 12.4. The second-order valence-corrected chi connectivity index (χ2v) is 5.73. The van der Waals surface area contributed by atoms with Crippen molar-refractivity contribution in [3.63, 3.8) is 0 Å². The number of hydrogen-bond acceptors (Lipinski definition) is 3. The molecule has 0 aromatic heterocycles. The summed E-state index contributed by atoms with van der Waals surface area (Å²) in [6.45, 7) is 1.64. The highest BCUT2D eigenvalue weighted by atomic mass is 35.5. The molecule has 1 amide bonds. The Morgan fingerprint density at radius 3 is 2.57 bits per heavy atom. The average Bonchev–Trinajstić information content (AvgIpc) is 2.67. The molecule has 1 unspecified atom stereocenters. The van der Waals surface area contributed by atoms with Gasteiger partial charge in [-0.25, -0.2) is 0 Å². The van der Waals surface area contributed by atoms with Gasteiger partial charge in [-0.05, 0) is 44.8 Å². The summed E-state index contributed by atoms with van der Waals surface area (Å²) in [5.41, 5.74) is 1.15. The number of rotatable bonds is 6. The number of benzene rings is 1. The van der Waals surface area contributed by atoms with E-state index in [4.69, 9.17) is 12.2 Å². The van der Waals surface area contributed by atoms with Gasteiger partial charge in [0.1, 0.15) is 6.04 Å². The fraction of sp³-hybridized carbons (Fsp3) is 0.467. The third-order valence-corrected chi connectivity index (χ3v) is 3.71. The first-order valence-electron chi connectivity index (χ1n) is 6.88. The van der Waals surface area contributed by atoms with E-state index in [1.165, 1.54) is 0 Å². The van der Waals surface area contributed by atoms with Crippen LogP contribution in [0.4, 0.5) is 0 Å². The highest BCUT2D eigenvalue weighted by molar-refractivity contribution is 7.80. The fourth-order valence-corrected chi connectivity index (χ4v) is 2.65. The molecule has 0 bridgehead atoms. The Bertz CT molecular complexity index is 481.